The summed E-state index contributed by atoms with van der Waals surface area (Å²) in [5.41, 5.74) is 5.82. The van der Waals surface area contributed by atoms with E-state index in [2.05, 4.69) is 5.10 Å². The first-order valence-corrected chi connectivity index (χ1v) is 4.91. The van der Waals surface area contributed by atoms with E-state index in [0.29, 0.717) is 5.69 Å². The molecule has 90 valence electrons. The largest absolute Gasteiger partial charge is 0.407 e. The van der Waals surface area contributed by atoms with E-state index in [9.17, 15) is 13.2 Å². The van der Waals surface area contributed by atoms with Crippen LogP contribution in [0.2, 0.25) is 0 Å². The SMILES string of the molecule is N[C@H](c1ccc(-n2cccn2)cc1)C(F)(F)F. The molecule has 1 atom stereocenters. The number of aromatic nitrogens is 2. The number of nitrogens with zero attached hydrogens (tertiary/aromatic N) is 2. The molecule has 1 heterocycles. The predicted octanol–water partition coefficient (Wildman–Crippen LogP) is 2.43. The van der Waals surface area contributed by atoms with Crippen LogP contribution in [0.1, 0.15) is 11.6 Å². The Morgan fingerprint density at radius 3 is 2.29 bits per heavy atom. The maximum Gasteiger partial charge on any atom is 0.407 e. The van der Waals surface area contributed by atoms with Crippen molar-refractivity contribution in [3.63, 3.8) is 0 Å². The van der Waals surface area contributed by atoms with Gasteiger partial charge in [0.25, 0.3) is 0 Å². The van der Waals surface area contributed by atoms with E-state index in [4.69, 9.17) is 5.73 Å². The summed E-state index contributed by atoms with van der Waals surface area (Å²) in [5, 5.41) is 3.97. The van der Waals surface area contributed by atoms with Crippen molar-refractivity contribution in [2.24, 2.45) is 5.73 Å². The van der Waals surface area contributed by atoms with E-state index >= 15 is 0 Å². The third-order valence-corrected chi connectivity index (χ3v) is 2.37. The lowest BCUT2D eigenvalue weighted by Gasteiger charge is -2.16. The quantitative estimate of drug-likeness (QED) is 0.877. The fourth-order valence-electron chi connectivity index (χ4n) is 1.44. The van der Waals surface area contributed by atoms with Crippen molar-refractivity contribution in [1.29, 1.82) is 0 Å². The molecule has 0 aliphatic carbocycles. The highest BCUT2D eigenvalue weighted by Crippen LogP contribution is 2.30. The number of rotatable bonds is 2. The van der Waals surface area contributed by atoms with Crippen molar-refractivity contribution >= 4 is 0 Å². The zero-order chi connectivity index (χ0) is 12.5. The minimum atomic E-state index is -4.42. The Hall–Kier alpha value is -1.82. The van der Waals surface area contributed by atoms with E-state index in [-0.39, 0.29) is 5.56 Å². The monoisotopic (exact) mass is 241 g/mol. The Morgan fingerprint density at radius 1 is 1.18 bits per heavy atom. The van der Waals surface area contributed by atoms with Gasteiger partial charge in [0.1, 0.15) is 6.04 Å². The first-order chi connectivity index (χ1) is 7.98. The van der Waals surface area contributed by atoms with Crippen molar-refractivity contribution in [1.82, 2.24) is 9.78 Å². The lowest BCUT2D eigenvalue weighted by atomic mass is 10.1. The maximum atomic E-state index is 12.4. The molecule has 0 spiro atoms. The van der Waals surface area contributed by atoms with E-state index in [1.807, 2.05) is 0 Å². The molecule has 1 aromatic heterocycles. The van der Waals surface area contributed by atoms with E-state index in [1.54, 1.807) is 35.3 Å². The predicted molar refractivity (Wildman–Crippen MR) is 56.5 cm³/mol. The van der Waals surface area contributed by atoms with Crippen LogP contribution in [0, 0.1) is 0 Å². The summed E-state index contributed by atoms with van der Waals surface area (Å²) in [6.07, 6.45) is -1.12. The van der Waals surface area contributed by atoms with Gasteiger partial charge in [-0.1, -0.05) is 12.1 Å². The van der Waals surface area contributed by atoms with Gasteiger partial charge in [0.15, 0.2) is 0 Å². The summed E-state index contributed by atoms with van der Waals surface area (Å²) in [6, 6.07) is 5.59. The Bertz CT molecular complexity index is 474. The second kappa shape index (κ2) is 4.21. The van der Waals surface area contributed by atoms with Gasteiger partial charge in [-0.15, -0.1) is 0 Å². The van der Waals surface area contributed by atoms with E-state index in [1.165, 1.54) is 12.1 Å². The Morgan fingerprint density at radius 2 is 1.82 bits per heavy atom. The highest BCUT2D eigenvalue weighted by Gasteiger charge is 2.37. The molecule has 17 heavy (non-hydrogen) atoms. The highest BCUT2D eigenvalue weighted by atomic mass is 19.4. The van der Waals surface area contributed by atoms with Gasteiger partial charge in [-0.2, -0.15) is 18.3 Å². The molecule has 0 unspecified atom stereocenters. The first-order valence-electron chi connectivity index (χ1n) is 4.91. The van der Waals surface area contributed by atoms with Crippen LogP contribution in [0.5, 0.6) is 0 Å². The van der Waals surface area contributed by atoms with Gasteiger partial charge in [0.2, 0.25) is 0 Å². The lowest BCUT2D eigenvalue weighted by Crippen LogP contribution is -2.28. The summed E-state index contributed by atoms with van der Waals surface area (Å²) >= 11 is 0. The fourth-order valence-corrected chi connectivity index (χ4v) is 1.44. The van der Waals surface area contributed by atoms with Crippen molar-refractivity contribution in [2.75, 3.05) is 0 Å². The molecule has 3 nitrogen and oxygen atoms in total. The van der Waals surface area contributed by atoms with Crippen LogP contribution in [0.25, 0.3) is 5.69 Å². The maximum absolute atomic E-state index is 12.4. The van der Waals surface area contributed by atoms with Crippen molar-refractivity contribution < 1.29 is 13.2 Å². The number of hydrogen-bond acceptors (Lipinski definition) is 2. The fraction of sp³-hybridized carbons (Fsp3) is 0.182. The lowest BCUT2D eigenvalue weighted by molar-refractivity contribution is -0.149. The topological polar surface area (TPSA) is 43.8 Å². The Balaban J connectivity index is 2.25. The molecule has 0 aliphatic rings. The number of benzene rings is 1. The molecule has 2 aromatic rings. The van der Waals surface area contributed by atoms with E-state index < -0.39 is 12.2 Å². The first kappa shape index (κ1) is 11.7. The van der Waals surface area contributed by atoms with Gasteiger partial charge >= 0.3 is 6.18 Å². The summed E-state index contributed by atoms with van der Waals surface area (Å²) in [7, 11) is 0. The van der Waals surface area contributed by atoms with Crippen LogP contribution in [0.3, 0.4) is 0 Å². The van der Waals surface area contributed by atoms with Gasteiger partial charge in [-0.25, -0.2) is 4.68 Å². The zero-order valence-electron chi connectivity index (χ0n) is 8.72. The molecule has 0 saturated carbocycles. The number of hydrogen-bond donors (Lipinski definition) is 1. The average molecular weight is 241 g/mol. The second-order valence-corrected chi connectivity index (χ2v) is 3.56. The van der Waals surface area contributed by atoms with Crippen LogP contribution >= 0.6 is 0 Å². The molecule has 0 fully saturated rings. The molecule has 0 aliphatic heterocycles. The molecule has 0 saturated heterocycles. The van der Waals surface area contributed by atoms with Crippen LogP contribution < -0.4 is 5.73 Å². The number of alkyl halides is 3. The van der Waals surface area contributed by atoms with Gasteiger partial charge < -0.3 is 5.73 Å². The second-order valence-electron chi connectivity index (χ2n) is 3.56. The minimum absolute atomic E-state index is 0.0356. The summed E-state index contributed by atoms with van der Waals surface area (Å²) in [6.45, 7) is 0. The summed E-state index contributed by atoms with van der Waals surface area (Å²) in [5.74, 6) is 0. The normalized spacial score (nSPS) is 13.6. The third kappa shape index (κ3) is 2.47. The van der Waals surface area contributed by atoms with Crippen LogP contribution in [0.15, 0.2) is 42.7 Å². The third-order valence-electron chi connectivity index (χ3n) is 2.37. The van der Waals surface area contributed by atoms with Gasteiger partial charge in [0, 0.05) is 12.4 Å². The number of nitrogens with two attached hydrogens (primary N) is 1. The van der Waals surface area contributed by atoms with Crippen molar-refractivity contribution in [3.05, 3.63) is 48.3 Å². The van der Waals surface area contributed by atoms with Crippen LogP contribution in [-0.2, 0) is 0 Å². The molecule has 0 bridgehead atoms. The summed E-state index contributed by atoms with van der Waals surface area (Å²) < 4.78 is 38.7. The van der Waals surface area contributed by atoms with Crippen LogP contribution in [-0.4, -0.2) is 16.0 Å². The molecular weight excluding hydrogens is 231 g/mol. The number of halogens is 3. The van der Waals surface area contributed by atoms with Gasteiger partial charge in [-0.05, 0) is 23.8 Å². The molecular formula is C11H10F3N3. The standard InChI is InChI=1S/C11H10F3N3/c12-11(13,14)10(15)8-2-4-9(5-3-8)17-7-1-6-16-17/h1-7,10H,15H2/t10-/m1/s1. The van der Waals surface area contributed by atoms with Crippen molar-refractivity contribution in [2.45, 2.75) is 12.2 Å². The van der Waals surface area contributed by atoms with Gasteiger partial charge in [-0.3, -0.25) is 0 Å². The molecule has 2 rings (SSSR count). The van der Waals surface area contributed by atoms with Crippen LogP contribution in [0.4, 0.5) is 13.2 Å². The molecule has 1 aromatic carbocycles. The molecule has 2 N–H and O–H groups in total. The molecule has 0 amide bonds. The average Bonchev–Trinajstić information content (AvgIpc) is 2.80. The highest BCUT2D eigenvalue weighted by molar-refractivity contribution is 5.35. The molecule has 0 radical (unpaired) electrons. The Labute approximate surface area is 95.7 Å². The zero-order valence-corrected chi connectivity index (χ0v) is 8.72. The smallest absolute Gasteiger partial charge is 0.316 e. The summed E-state index contributed by atoms with van der Waals surface area (Å²) in [4.78, 5) is 0. The van der Waals surface area contributed by atoms with Gasteiger partial charge in [0.05, 0.1) is 5.69 Å². The van der Waals surface area contributed by atoms with E-state index in [0.717, 1.165) is 0 Å². The molecule has 6 heteroatoms. The van der Waals surface area contributed by atoms with Crippen molar-refractivity contribution in [3.8, 4) is 5.69 Å². The Kier molecular flexibility index (Phi) is 2.89. The minimum Gasteiger partial charge on any atom is -0.316 e.